The Bertz CT molecular complexity index is 1170. The topological polar surface area (TPSA) is 52.6 Å². The maximum Gasteiger partial charge on any atom is 0.343 e. The normalized spacial score (nSPS) is 13.9. The summed E-state index contributed by atoms with van der Waals surface area (Å²) in [5.74, 6) is 0.179. The molecule has 0 spiro atoms. The van der Waals surface area contributed by atoms with E-state index in [0.717, 1.165) is 10.0 Å². The third-order valence-electron chi connectivity index (χ3n) is 4.38. The van der Waals surface area contributed by atoms with E-state index < -0.39 is 5.97 Å². The molecule has 0 saturated heterocycles. The molecule has 1 aliphatic heterocycles. The number of halogens is 2. The smallest absolute Gasteiger partial charge is 0.343 e. The molecule has 1 heterocycles. The molecule has 0 aliphatic carbocycles. The largest absolute Gasteiger partial charge is 0.452 e. The first kappa shape index (κ1) is 19.4. The quantitative estimate of drug-likeness (QED) is 0.259. The van der Waals surface area contributed by atoms with E-state index >= 15 is 0 Å². The van der Waals surface area contributed by atoms with Crippen LogP contribution in [0.25, 0.3) is 6.08 Å². The van der Waals surface area contributed by atoms with E-state index in [-0.39, 0.29) is 11.5 Å². The number of carbonyl (C=O) groups is 2. The molecule has 0 bridgehead atoms. The van der Waals surface area contributed by atoms with Crippen molar-refractivity contribution in [3.05, 3.63) is 98.2 Å². The molecule has 0 fully saturated rings. The van der Waals surface area contributed by atoms with E-state index in [1.165, 1.54) is 0 Å². The second-order valence-corrected chi connectivity index (χ2v) is 7.86. The van der Waals surface area contributed by atoms with Crippen molar-refractivity contribution in [2.24, 2.45) is 0 Å². The predicted octanol–water partition coefficient (Wildman–Crippen LogP) is 6.25. The average Bonchev–Trinajstić information content (AvgIpc) is 2.98. The monoisotopic (exact) mass is 468 g/mol. The number of benzene rings is 3. The zero-order valence-corrected chi connectivity index (χ0v) is 17.6. The molecule has 0 aromatic heterocycles. The molecule has 3 aromatic carbocycles. The lowest BCUT2D eigenvalue weighted by Crippen LogP contribution is -2.08. The van der Waals surface area contributed by atoms with Crippen molar-refractivity contribution in [1.82, 2.24) is 0 Å². The van der Waals surface area contributed by atoms with Gasteiger partial charge in [-0.2, -0.15) is 0 Å². The Labute approximate surface area is 180 Å². The van der Waals surface area contributed by atoms with Gasteiger partial charge in [-0.25, -0.2) is 4.79 Å². The fourth-order valence-corrected chi connectivity index (χ4v) is 3.58. The van der Waals surface area contributed by atoms with Crippen molar-refractivity contribution in [3.63, 3.8) is 0 Å². The molecule has 0 saturated carbocycles. The minimum atomic E-state index is -0.518. The zero-order chi connectivity index (χ0) is 20.5. The van der Waals surface area contributed by atoms with Crippen molar-refractivity contribution in [1.29, 1.82) is 0 Å². The third kappa shape index (κ3) is 4.11. The van der Waals surface area contributed by atoms with Gasteiger partial charge in [0.1, 0.15) is 11.5 Å². The molecule has 1 aliphatic rings. The number of esters is 1. The van der Waals surface area contributed by atoms with E-state index in [4.69, 9.17) is 21.1 Å². The number of ether oxygens (including phenoxy) is 2. The van der Waals surface area contributed by atoms with Crippen LogP contribution in [0.5, 0.6) is 11.5 Å². The number of aryl methyl sites for hydroxylation is 1. The van der Waals surface area contributed by atoms with Crippen molar-refractivity contribution in [2.45, 2.75) is 6.92 Å². The molecule has 0 radical (unpaired) electrons. The van der Waals surface area contributed by atoms with E-state index in [0.29, 0.717) is 33.2 Å². The lowest BCUT2D eigenvalue weighted by atomic mass is 10.0. The van der Waals surface area contributed by atoms with Crippen LogP contribution in [-0.4, -0.2) is 11.8 Å². The van der Waals surface area contributed by atoms with Crippen LogP contribution >= 0.6 is 27.5 Å². The lowest BCUT2D eigenvalue weighted by Gasteiger charge is -2.08. The Morgan fingerprint density at radius 3 is 2.59 bits per heavy atom. The summed E-state index contributed by atoms with van der Waals surface area (Å²) in [4.78, 5) is 25.1. The molecule has 4 rings (SSSR count). The van der Waals surface area contributed by atoms with Gasteiger partial charge in [-0.15, -0.1) is 0 Å². The first-order chi connectivity index (χ1) is 13.9. The number of ketones is 1. The summed E-state index contributed by atoms with van der Waals surface area (Å²) in [5, 5.41) is 0.534. The van der Waals surface area contributed by atoms with Gasteiger partial charge in [-0.1, -0.05) is 39.7 Å². The highest BCUT2D eigenvalue weighted by molar-refractivity contribution is 9.10. The number of Topliss-reactive ketones (excluding diaryl/α,β-unsaturated/α-hetero) is 1. The summed E-state index contributed by atoms with van der Waals surface area (Å²) in [6.07, 6.45) is 1.69. The molecule has 3 aromatic rings. The van der Waals surface area contributed by atoms with Gasteiger partial charge in [0.25, 0.3) is 0 Å². The van der Waals surface area contributed by atoms with E-state index in [9.17, 15) is 9.59 Å². The van der Waals surface area contributed by atoms with Crippen LogP contribution in [-0.2, 0) is 0 Å². The van der Waals surface area contributed by atoms with Crippen molar-refractivity contribution < 1.29 is 19.1 Å². The minimum Gasteiger partial charge on any atom is -0.452 e. The number of carbonyl (C=O) groups excluding carboxylic acids is 2. The molecule has 144 valence electrons. The summed E-state index contributed by atoms with van der Waals surface area (Å²) < 4.78 is 12.1. The van der Waals surface area contributed by atoms with Gasteiger partial charge in [0.2, 0.25) is 5.78 Å². The van der Waals surface area contributed by atoms with E-state index in [1.807, 2.05) is 24.3 Å². The molecule has 0 amide bonds. The highest BCUT2D eigenvalue weighted by Crippen LogP contribution is 2.37. The molecular formula is C23H14BrClO4. The maximum absolute atomic E-state index is 12.8. The number of rotatable bonds is 3. The number of hydrogen-bond acceptors (Lipinski definition) is 4. The minimum absolute atomic E-state index is 0.201. The van der Waals surface area contributed by atoms with Crippen LogP contribution in [0.2, 0.25) is 5.02 Å². The van der Waals surface area contributed by atoms with E-state index in [1.54, 1.807) is 49.4 Å². The zero-order valence-electron chi connectivity index (χ0n) is 15.2. The van der Waals surface area contributed by atoms with Crippen molar-refractivity contribution in [2.75, 3.05) is 0 Å². The van der Waals surface area contributed by atoms with Crippen LogP contribution in [0.3, 0.4) is 0 Å². The van der Waals surface area contributed by atoms with Gasteiger partial charge in [-0.05, 0) is 66.6 Å². The van der Waals surface area contributed by atoms with Crippen LogP contribution < -0.4 is 9.47 Å². The van der Waals surface area contributed by atoms with Crippen LogP contribution in [0.4, 0.5) is 0 Å². The summed E-state index contributed by atoms with van der Waals surface area (Å²) in [6, 6.07) is 17.2. The van der Waals surface area contributed by atoms with Crippen molar-refractivity contribution >= 4 is 45.4 Å². The van der Waals surface area contributed by atoms with Gasteiger partial charge in [0.05, 0.1) is 11.1 Å². The van der Waals surface area contributed by atoms with Crippen molar-refractivity contribution in [3.8, 4) is 11.5 Å². The molecule has 29 heavy (non-hydrogen) atoms. The Kier molecular flexibility index (Phi) is 5.26. The second-order valence-electron chi connectivity index (χ2n) is 6.50. The van der Waals surface area contributed by atoms with Gasteiger partial charge >= 0.3 is 5.97 Å². The lowest BCUT2D eigenvalue weighted by molar-refractivity contribution is 0.0734. The van der Waals surface area contributed by atoms with Gasteiger partial charge in [-0.3, -0.25) is 4.79 Å². The highest BCUT2D eigenvalue weighted by Gasteiger charge is 2.30. The standard InChI is InChI=1S/C23H14BrClO4/c1-13-9-18(28-23(27)15-5-7-17(25)8-6-15)12-19-21(13)22(26)20(29-19)11-14-3-2-4-16(24)10-14/h2-12H,1H3/b20-11-. The summed E-state index contributed by atoms with van der Waals surface area (Å²) in [5.41, 5.74) is 2.35. The fourth-order valence-electron chi connectivity index (χ4n) is 3.04. The summed E-state index contributed by atoms with van der Waals surface area (Å²) in [7, 11) is 0. The van der Waals surface area contributed by atoms with Crippen LogP contribution in [0, 0.1) is 6.92 Å². The number of hydrogen-bond donors (Lipinski definition) is 0. The summed E-state index contributed by atoms with van der Waals surface area (Å²) >= 11 is 9.26. The molecule has 4 nitrogen and oxygen atoms in total. The third-order valence-corrected chi connectivity index (χ3v) is 5.13. The molecule has 0 unspecified atom stereocenters. The van der Waals surface area contributed by atoms with Gasteiger partial charge < -0.3 is 9.47 Å². The Morgan fingerprint density at radius 2 is 1.86 bits per heavy atom. The molecule has 6 heteroatoms. The molecule has 0 N–H and O–H groups in total. The fraction of sp³-hybridized carbons (Fsp3) is 0.0435. The maximum atomic E-state index is 12.8. The SMILES string of the molecule is Cc1cc(OC(=O)c2ccc(Cl)cc2)cc2c1C(=O)/C(=C/c1cccc(Br)c1)O2. The Balaban J connectivity index is 1.60. The average molecular weight is 470 g/mol. The first-order valence-electron chi connectivity index (χ1n) is 8.73. The van der Waals surface area contributed by atoms with Crippen LogP contribution in [0.15, 0.2) is 70.9 Å². The van der Waals surface area contributed by atoms with Gasteiger partial charge in [0, 0.05) is 15.6 Å². The number of allylic oxidation sites excluding steroid dienone is 1. The predicted molar refractivity (Wildman–Crippen MR) is 115 cm³/mol. The number of fused-ring (bicyclic) bond motifs is 1. The summed E-state index contributed by atoms with van der Waals surface area (Å²) in [6.45, 7) is 1.78. The Morgan fingerprint density at radius 1 is 1.10 bits per heavy atom. The molecule has 0 atom stereocenters. The van der Waals surface area contributed by atoms with Crippen LogP contribution in [0.1, 0.15) is 31.8 Å². The Hall–Kier alpha value is -2.89. The second kappa shape index (κ2) is 7.85. The highest BCUT2D eigenvalue weighted by atomic mass is 79.9. The van der Waals surface area contributed by atoms with E-state index in [2.05, 4.69) is 15.9 Å². The van der Waals surface area contributed by atoms with Gasteiger partial charge in [0.15, 0.2) is 5.76 Å². The first-order valence-corrected chi connectivity index (χ1v) is 9.90. The molecular weight excluding hydrogens is 456 g/mol.